The number of allylic oxidation sites excluding steroid dienone is 1. The Hall–Kier alpha value is -3.20. The highest BCUT2D eigenvalue weighted by Gasteiger charge is 2.12. The van der Waals surface area contributed by atoms with Crippen molar-refractivity contribution >= 4 is 22.9 Å². The van der Waals surface area contributed by atoms with Crippen molar-refractivity contribution in [2.45, 2.75) is 6.54 Å². The fourth-order valence-electron chi connectivity index (χ4n) is 2.10. The van der Waals surface area contributed by atoms with Gasteiger partial charge in [-0.3, -0.25) is 5.41 Å². The quantitative estimate of drug-likeness (QED) is 0.577. The van der Waals surface area contributed by atoms with Crippen molar-refractivity contribution in [2.75, 3.05) is 0 Å². The third kappa shape index (κ3) is 4.06. The molecule has 0 saturated heterocycles. The molecule has 0 aliphatic carbocycles. The van der Waals surface area contributed by atoms with E-state index in [0.717, 1.165) is 6.20 Å². The minimum absolute atomic E-state index is 0.149. The van der Waals surface area contributed by atoms with Crippen molar-refractivity contribution < 1.29 is 13.9 Å². The molecule has 0 aliphatic rings. The Morgan fingerprint density at radius 1 is 1.23 bits per heavy atom. The highest BCUT2D eigenvalue weighted by Crippen LogP contribution is 2.15. The highest BCUT2D eigenvalue weighted by molar-refractivity contribution is 7.03. The summed E-state index contributed by atoms with van der Waals surface area (Å²) < 4.78 is 31.1. The predicted octanol–water partition coefficient (Wildman–Crippen LogP) is 3.12. The van der Waals surface area contributed by atoms with Gasteiger partial charge in [-0.05, 0) is 29.7 Å². The minimum atomic E-state index is -0.970. The second-order valence-electron chi connectivity index (χ2n) is 5.17. The number of hydrogen-bond acceptors (Lipinski definition) is 7. The fourth-order valence-corrected chi connectivity index (χ4v) is 2.62. The number of aromatic nitrogens is 3. The van der Waals surface area contributed by atoms with Crippen LogP contribution >= 0.6 is 11.5 Å². The monoisotopic (exact) mass is 373 g/mol. The summed E-state index contributed by atoms with van der Waals surface area (Å²) in [5.41, 5.74) is 1.30. The zero-order chi connectivity index (χ0) is 18.5. The lowest BCUT2D eigenvalue weighted by atomic mass is 10.2. The summed E-state index contributed by atoms with van der Waals surface area (Å²) in [5.74, 6) is -2.30. The van der Waals surface area contributed by atoms with Crippen molar-refractivity contribution in [3.63, 3.8) is 0 Å². The average Bonchev–Trinajstić information content (AvgIpc) is 3.16. The molecule has 3 rings (SSSR count). The maximum absolute atomic E-state index is 13.8. The second kappa shape index (κ2) is 7.79. The first-order valence-electron chi connectivity index (χ1n) is 7.44. The van der Waals surface area contributed by atoms with Crippen LogP contribution in [0.25, 0.3) is 5.70 Å². The molecule has 0 bridgehead atoms. The molecule has 26 heavy (non-hydrogen) atoms. The first kappa shape index (κ1) is 17.6. The van der Waals surface area contributed by atoms with E-state index in [9.17, 15) is 13.9 Å². The summed E-state index contributed by atoms with van der Waals surface area (Å²) in [6.45, 7) is 0.179. The van der Waals surface area contributed by atoms with Crippen molar-refractivity contribution in [1.29, 1.82) is 5.41 Å². The SMILES string of the molecule is N=C(/C=C(\NCc1ccccc1F)c1ccsn1)c1ncc(F)c(O)n1. The molecule has 132 valence electrons. The maximum atomic E-state index is 13.8. The van der Waals surface area contributed by atoms with Gasteiger partial charge in [0.2, 0.25) is 5.82 Å². The molecular formula is C17H13F2N5OS. The van der Waals surface area contributed by atoms with Crippen LogP contribution in [0.15, 0.2) is 48.0 Å². The molecule has 2 aromatic heterocycles. The van der Waals surface area contributed by atoms with Crippen molar-refractivity contribution in [1.82, 2.24) is 19.7 Å². The Kier molecular flexibility index (Phi) is 5.28. The Morgan fingerprint density at radius 3 is 2.73 bits per heavy atom. The van der Waals surface area contributed by atoms with E-state index < -0.39 is 11.7 Å². The minimum Gasteiger partial charge on any atom is -0.491 e. The number of nitrogens with one attached hydrogen (secondary N) is 2. The number of nitrogens with zero attached hydrogens (tertiary/aromatic N) is 3. The predicted molar refractivity (Wildman–Crippen MR) is 93.8 cm³/mol. The molecule has 3 aromatic rings. The molecule has 0 radical (unpaired) electrons. The average molecular weight is 373 g/mol. The van der Waals surface area contributed by atoms with Crippen LogP contribution in [0.3, 0.4) is 0 Å². The lowest BCUT2D eigenvalue weighted by Crippen LogP contribution is -2.15. The molecule has 9 heteroatoms. The smallest absolute Gasteiger partial charge is 0.251 e. The summed E-state index contributed by atoms with van der Waals surface area (Å²) >= 11 is 1.22. The number of hydrogen-bond donors (Lipinski definition) is 3. The fraction of sp³-hybridized carbons (Fsp3) is 0.0588. The lowest BCUT2D eigenvalue weighted by molar-refractivity contribution is 0.407. The molecule has 2 heterocycles. The molecule has 0 saturated carbocycles. The van der Waals surface area contributed by atoms with E-state index in [1.54, 1.807) is 29.6 Å². The molecule has 0 spiro atoms. The van der Waals surface area contributed by atoms with Crippen molar-refractivity contribution in [3.05, 3.63) is 76.7 Å². The molecule has 0 amide bonds. The molecule has 1 aromatic carbocycles. The molecule has 6 nitrogen and oxygen atoms in total. The topological polar surface area (TPSA) is 94.8 Å². The Bertz CT molecular complexity index is 960. The Labute approximate surface area is 151 Å². The lowest BCUT2D eigenvalue weighted by Gasteiger charge is -2.10. The highest BCUT2D eigenvalue weighted by atomic mass is 32.1. The molecule has 0 atom stereocenters. The summed E-state index contributed by atoms with van der Waals surface area (Å²) in [5, 5.41) is 22.2. The van der Waals surface area contributed by atoms with Crippen LogP contribution < -0.4 is 5.32 Å². The third-order valence-electron chi connectivity index (χ3n) is 3.40. The van der Waals surface area contributed by atoms with Gasteiger partial charge in [-0.15, -0.1) is 0 Å². The first-order chi connectivity index (χ1) is 12.5. The van der Waals surface area contributed by atoms with Crippen LogP contribution in [0.1, 0.15) is 17.1 Å². The number of aromatic hydroxyl groups is 1. The number of rotatable bonds is 6. The van der Waals surface area contributed by atoms with Crippen LogP contribution in [-0.4, -0.2) is 25.2 Å². The van der Waals surface area contributed by atoms with Crippen LogP contribution in [-0.2, 0) is 6.54 Å². The summed E-state index contributed by atoms with van der Waals surface area (Å²) in [6.07, 6.45) is 2.18. The van der Waals surface area contributed by atoms with Gasteiger partial charge in [0.1, 0.15) is 11.5 Å². The number of halogens is 2. The van der Waals surface area contributed by atoms with Crippen molar-refractivity contribution in [3.8, 4) is 5.88 Å². The van der Waals surface area contributed by atoms with E-state index in [-0.39, 0.29) is 23.9 Å². The van der Waals surface area contributed by atoms with Gasteiger partial charge in [0.25, 0.3) is 5.88 Å². The van der Waals surface area contributed by atoms with Crippen LogP contribution in [0.2, 0.25) is 0 Å². The van der Waals surface area contributed by atoms with Gasteiger partial charge >= 0.3 is 0 Å². The molecule has 0 unspecified atom stereocenters. The van der Waals surface area contributed by atoms with Gasteiger partial charge < -0.3 is 10.4 Å². The van der Waals surface area contributed by atoms with Gasteiger partial charge in [0.15, 0.2) is 5.82 Å². The van der Waals surface area contributed by atoms with Crippen molar-refractivity contribution in [2.24, 2.45) is 0 Å². The van der Waals surface area contributed by atoms with Gasteiger partial charge in [-0.25, -0.2) is 9.37 Å². The largest absolute Gasteiger partial charge is 0.491 e. The number of benzene rings is 1. The Morgan fingerprint density at radius 2 is 2.04 bits per heavy atom. The zero-order valence-electron chi connectivity index (χ0n) is 13.3. The van der Waals surface area contributed by atoms with Crippen LogP contribution in [0, 0.1) is 17.0 Å². The van der Waals surface area contributed by atoms with Gasteiger partial charge in [0, 0.05) is 17.5 Å². The molecule has 3 N–H and O–H groups in total. The first-order valence-corrected chi connectivity index (χ1v) is 8.28. The van der Waals surface area contributed by atoms with Gasteiger partial charge in [-0.1, -0.05) is 18.2 Å². The van der Waals surface area contributed by atoms with E-state index in [0.29, 0.717) is 17.0 Å². The molecular weight excluding hydrogens is 360 g/mol. The standard InChI is InChI=1S/C17H13F2N5OS/c18-11-4-2-1-3-10(11)8-21-15(14-5-6-26-24-14)7-13(20)16-22-9-12(19)17(25)23-16/h1-7,9,20-21H,8H2,(H,22,23,25)/b15-7-,20-13?. The zero-order valence-corrected chi connectivity index (χ0v) is 14.1. The summed E-state index contributed by atoms with van der Waals surface area (Å²) in [7, 11) is 0. The van der Waals surface area contributed by atoms with Crippen LogP contribution in [0.5, 0.6) is 5.88 Å². The molecule has 0 fully saturated rings. The van der Waals surface area contributed by atoms with E-state index in [1.165, 1.54) is 23.7 Å². The molecule has 0 aliphatic heterocycles. The summed E-state index contributed by atoms with van der Waals surface area (Å²) in [6, 6.07) is 8.07. The van der Waals surface area contributed by atoms with Crippen LogP contribution in [0.4, 0.5) is 8.78 Å². The van der Waals surface area contributed by atoms with E-state index >= 15 is 0 Å². The normalized spacial score (nSPS) is 11.4. The maximum Gasteiger partial charge on any atom is 0.251 e. The Balaban J connectivity index is 1.86. The van der Waals surface area contributed by atoms with E-state index in [4.69, 9.17) is 5.41 Å². The van der Waals surface area contributed by atoms with Gasteiger partial charge in [0.05, 0.1) is 17.6 Å². The summed E-state index contributed by atoms with van der Waals surface area (Å²) in [4.78, 5) is 7.22. The van der Waals surface area contributed by atoms with E-state index in [1.807, 2.05) is 0 Å². The second-order valence-corrected chi connectivity index (χ2v) is 5.83. The third-order valence-corrected chi connectivity index (χ3v) is 3.96. The van der Waals surface area contributed by atoms with Gasteiger partial charge in [-0.2, -0.15) is 13.7 Å². The van der Waals surface area contributed by atoms with E-state index in [2.05, 4.69) is 19.7 Å².